The Labute approximate surface area is 190 Å². The predicted octanol–water partition coefficient (Wildman–Crippen LogP) is 2.10. The molecule has 0 radical (unpaired) electrons. The number of hydrogen-bond acceptors (Lipinski definition) is 4. The van der Waals surface area contributed by atoms with Crippen LogP contribution in [0.3, 0.4) is 0 Å². The SMILES string of the molecule is CCCCCCCCCc1ccccc1Oc1ccc(S(=O)(=O)O)c([O-])c1.[Na+]. The average molecular weight is 414 g/mol. The van der Waals surface area contributed by atoms with E-state index in [2.05, 4.69) is 6.92 Å². The molecule has 0 aromatic heterocycles. The van der Waals surface area contributed by atoms with Gasteiger partial charge in [0.1, 0.15) is 11.5 Å². The monoisotopic (exact) mass is 414 g/mol. The fourth-order valence-electron chi connectivity index (χ4n) is 2.97. The molecule has 28 heavy (non-hydrogen) atoms. The number of hydrogen-bond donors (Lipinski definition) is 1. The van der Waals surface area contributed by atoms with E-state index in [4.69, 9.17) is 9.29 Å². The van der Waals surface area contributed by atoms with Crippen LogP contribution in [0.5, 0.6) is 17.2 Å². The van der Waals surface area contributed by atoms with Crippen molar-refractivity contribution in [3.05, 3.63) is 48.0 Å². The van der Waals surface area contributed by atoms with Gasteiger partial charge in [-0.15, -0.1) is 0 Å². The summed E-state index contributed by atoms with van der Waals surface area (Å²) in [6.45, 7) is 2.21. The van der Waals surface area contributed by atoms with Gasteiger partial charge in [-0.25, -0.2) is 0 Å². The first-order valence-corrected chi connectivity index (χ1v) is 10.9. The van der Waals surface area contributed by atoms with Crippen LogP contribution < -0.4 is 39.4 Å². The molecule has 0 amide bonds. The van der Waals surface area contributed by atoms with E-state index >= 15 is 0 Å². The number of ether oxygens (including phenoxy) is 1. The van der Waals surface area contributed by atoms with Gasteiger partial charge in [-0.3, -0.25) is 4.55 Å². The zero-order valence-electron chi connectivity index (χ0n) is 16.7. The van der Waals surface area contributed by atoms with Gasteiger partial charge in [-0.1, -0.05) is 69.4 Å². The molecule has 5 nitrogen and oxygen atoms in total. The van der Waals surface area contributed by atoms with Crippen molar-refractivity contribution in [2.45, 2.75) is 63.2 Å². The second-order valence-corrected chi connectivity index (χ2v) is 8.05. The quantitative estimate of drug-likeness (QED) is 0.346. The first kappa shape index (κ1) is 25.0. The van der Waals surface area contributed by atoms with E-state index in [0.717, 1.165) is 30.5 Å². The van der Waals surface area contributed by atoms with Gasteiger partial charge in [0.2, 0.25) is 0 Å². The Morgan fingerprint density at radius 2 is 1.61 bits per heavy atom. The third kappa shape index (κ3) is 8.13. The second kappa shape index (κ2) is 12.5. The Balaban J connectivity index is 0.00000392. The van der Waals surface area contributed by atoms with Crippen LogP contribution in [0.25, 0.3) is 0 Å². The van der Waals surface area contributed by atoms with E-state index in [-0.39, 0.29) is 35.3 Å². The molecule has 0 atom stereocenters. The molecule has 0 unspecified atom stereocenters. The van der Waals surface area contributed by atoms with E-state index in [1.54, 1.807) is 0 Å². The molecule has 0 aliphatic carbocycles. The summed E-state index contributed by atoms with van der Waals surface area (Å²) in [5, 5.41) is 11.9. The Hall–Kier alpha value is -1.05. The van der Waals surface area contributed by atoms with Crippen molar-refractivity contribution < 1.29 is 52.4 Å². The van der Waals surface area contributed by atoms with Gasteiger partial charge in [0.25, 0.3) is 10.1 Å². The summed E-state index contributed by atoms with van der Waals surface area (Å²) in [6, 6.07) is 11.1. The van der Waals surface area contributed by atoms with Crippen molar-refractivity contribution in [3.63, 3.8) is 0 Å². The van der Waals surface area contributed by atoms with Crippen molar-refractivity contribution in [3.8, 4) is 17.2 Å². The fraction of sp³-hybridized carbons (Fsp3) is 0.429. The minimum absolute atomic E-state index is 0. The molecule has 2 aromatic carbocycles. The maximum Gasteiger partial charge on any atom is 1.00 e. The normalized spacial score (nSPS) is 11.1. The molecular formula is C21H27NaO5S. The maximum absolute atomic E-state index is 11.9. The van der Waals surface area contributed by atoms with Crippen LogP contribution in [0, 0.1) is 0 Å². The number of aryl methyl sites for hydroxylation is 1. The van der Waals surface area contributed by atoms with Crippen LogP contribution in [0.4, 0.5) is 0 Å². The van der Waals surface area contributed by atoms with Gasteiger partial charge in [-0.05, 0) is 42.7 Å². The molecule has 1 N–H and O–H groups in total. The summed E-state index contributed by atoms with van der Waals surface area (Å²) in [5.41, 5.74) is 1.05. The van der Waals surface area contributed by atoms with Gasteiger partial charge in [0.15, 0.2) is 0 Å². The smallest absolute Gasteiger partial charge is 0.871 e. The van der Waals surface area contributed by atoms with Gasteiger partial charge in [-0.2, -0.15) is 8.42 Å². The number of rotatable bonds is 11. The molecule has 0 saturated heterocycles. The van der Waals surface area contributed by atoms with Crippen molar-refractivity contribution in [2.75, 3.05) is 0 Å². The molecule has 2 rings (SSSR count). The van der Waals surface area contributed by atoms with Gasteiger partial charge >= 0.3 is 29.6 Å². The molecule has 2 aromatic rings. The molecule has 0 aliphatic rings. The summed E-state index contributed by atoms with van der Waals surface area (Å²) >= 11 is 0. The van der Waals surface area contributed by atoms with Crippen LogP contribution >= 0.6 is 0 Å². The van der Waals surface area contributed by atoms with Crippen molar-refractivity contribution in [1.29, 1.82) is 0 Å². The second-order valence-electron chi connectivity index (χ2n) is 6.66. The summed E-state index contributed by atoms with van der Waals surface area (Å²) in [6.07, 6.45) is 9.49. The molecular weight excluding hydrogens is 387 g/mol. The predicted molar refractivity (Wildman–Crippen MR) is 104 cm³/mol. The van der Waals surface area contributed by atoms with E-state index < -0.39 is 20.8 Å². The van der Waals surface area contributed by atoms with Crippen LogP contribution in [0.2, 0.25) is 0 Å². The van der Waals surface area contributed by atoms with Gasteiger partial charge < -0.3 is 9.84 Å². The number of benzene rings is 2. The van der Waals surface area contributed by atoms with E-state index in [1.165, 1.54) is 44.6 Å². The van der Waals surface area contributed by atoms with Gasteiger partial charge in [0.05, 0.1) is 4.90 Å². The first-order valence-electron chi connectivity index (χ1n) is 9.46. The molecule has 0 fully saturated rings. The molecule has 0 heterocycles. The van der Waals surface area contributed by atoms with Crippen molar-refractivity contribution in [2.24, 2.45) is 0 Å². The summed E-state index contributed by atoms with van der Waals surface area (Å²) in [4.78, 5) is -0.647. The molecule has 7 heteroatoms. The Morgan fingerprint density at radius 3 is 2.25 bits per heavy atom. The van der Waals surface area contributed by atoms with E-state index in [9.17, 15) is 13.5 Å². The van der Waals surface area contributed by atoms with Crippen LogP contribution in [-0.4, -0.2) is 13.0 Å². The van der Waals surface area contributed by atoms with E-state index in [0.29, 0.717) is 5.75 Å². The Morgan fingerprint density at radius 1 is 0.964 bits per heavy atom. The van der Waals surface area contributed by atoms with E-state index in [1.807, 2.05) is 24.3 Å². The van der Waals surface area contributed by atoms with Crippen LogP contribution in [-0.2, 0) is 16.5 Å². The van der Waals surface area contributed by atoms with Crippen molar-refractivity contribution >= 4 is 10.1 Å². The topological polar surface area (TPSA) is 86.7 Å². The Kier molecular flexibility index (Phi) is 11.2. The molecule has 0 bridgehead atoms. The van der Waals surface area contributed by atoms with Crippen molar-refractivity contribution in [1.82, 2.24) is 0 Å². The standard InChI is InChI=1S/C21H28O5S.Na/c1-2-3-4-5-6-7-8-11-17-12-9-10-13-20(17)26-18-14-15-21(19(22)16-18)27(23,24)25;/h9-10,12-16,22H,2-8,11H2,1H3,(H,23,24,25);/q;+1/p-1. The average Bonchev–Trinajstić information content (AvgIpc) is 2.61. The van der Waals surface area contributed by atoms with Crippen LogP contribution in [0.1, 0.15) is 57.4 Å². The molecule has 0 aliphatic heterocycles. The first-order chi connectivity index (χ1) is 12.9. The number of unbranched alkanes of at least 4 members (excludes halogenated alkanes) is 6. The minimum Gasteiger partial charge on any atom is -0.871 e. The zero-order valence-corrected chi connectivity index (χ0v) is 19.5. The number of para-hydroxylation sites is 1. The van der Waals surface area contributed by atoms with Crippen LogP contribution in [0.15, 0.2) is 47.4 Å². The molecule has 148 valence electrons. The third-order valence-electron chi connectivity index (χ3n) is 4.44. The Bertz CT molecular complexity index is 836. The van der Waals surface area contributed by atoms with Gasteiger partial charge in [0, 0.05) is 0 Å². The summed E-state index contributed by atoms with van der Waals surface area (Å²) < 4.78 is 37.0. The fourth-order valence-corrected chi connectivity index (χ4v) is 3.53. The summed E-state index contributed by atoms with van der Waals surface area (Å²) in [5.74, 6) is 0.112. The largest absolute Gasteiger partial charge is 1.00 e. The zero-order chi connectivity index (χ0) is 19.7. The minimum atomic E-state index is -4.52. The molecule has 0 spiro atoms. The molecule has 0 saturated carbocycles. The maximum atomic E-state index is 11.9. The summed E-state index contributed by atoms with van der Waals surface area (Å²) in [7, 11) is -4.52. The third-order valence-corrected chi connectivity index (χ3v) is 5.34.